The Bertz CT molecular complexity index is 569. The van der Waals surface area contributed by atoms with Gasteiger partial charge in [-0.05, 0) is 49.5 Å². The Morgan fingerprint density at radius 3 is 2.28 bits per heavy atom. The summed E-state index contributed by atoms with van der Waals surface area (Å²) in [6.45, 7) is 13.9. The third-order valence-corrected chi connectivity index (χ3v) is 4.11. The summed E-state index contributed by atoms with van der Waals surface area (Å²) in [5, 5.41) is 0. The minimum absolute atomic E-state index is 0.0768. The van der Waals surface area contributed by atoms with Gasteiger partial charge in [-0.3, -0.25) is 4.79 Å². The molecule has 1 aliphatic carbocycles. The molecule has 0 aromatic heterocycles. The first kappa shape index (κ1) is 22.9. The van der Waals surface area contributed by atoms with Gasteiger partial charge in [0.25, 0.3) is 5.91 Å². The lowest BCUT2D eigenvalue weighted by Crippen LogP contribution is -2.40. The fourth-order valence-electron chi connectivity index (χ4n) is 2.98. The van der Waals surface area contributed by atoms with E-state index in [1.807, 2.05) is 82.1 Å². The predicted molar refractivity (Wildman–Crippen MR) is 111 cm³/mol. The number of hydrogen-bond donors (Lipinski definition) is 0. The van der Waals surface area contributed by atoms with Crippen molar-refractivity contribution in [2.45, 2.75) is 59.9 Å². The third kappa shape index (κ3) is 6.38. The molecular weight excluding hydrogens is 306 g/mol. The lowest BCUT2D eigenvalue weighted by molar-refractivity contribution is 0.0743. The van der Waals surface area contributed by atoms with E-state index in [2.05, 4.69) is 19.6 Å². The zero-order valence-electron chi connectivity index (χ0n) is 16.9. The van der Waals surface area contributed by atoms with E-state index in [1.54, 1.807) is 0 Å². The number of carbonyl (C=O) groups excluding carboxylic acids is 1. The van der Waals surface area contributed by atoms with E-state index < -0.39 is 0 Å². The number of rotatable bonds is 3. The van der Waals surface area contributed by atoms with Gasteiger partial charge in [-0.25, -0.2) is 0 Å². The van der Waals surface area contributed by atoms with Gasteiger partial charge in [0.2, 0.25) is 0 Å². The number of amides is 1. The summed E-state index contributed by atoms with van der Waals surface area (Å²) in [5.74, 6) is 0.0768. The van der Waals surface area contributed by atoms with Gasteiger partial charge in [0.15, 0.2) is 0 Å². The first-order valence-electron chi connectivity index (χ1n) is 9.49. The maximum Gasteiger partial charge on any atom is 0.254 e. The molecule has 1 aliphatic rings. The van der Waals surface area contributed by atoms with E-state index in [9.17, 15) is 4.79 Å². The van der Waals surface area contributed by atoms with Gasteiger partial charge in [0.1, 0.15) is 0 Å². The number of benzene rings is 1. The molecule has 0 N–H and O–H groups in total. The van der Waals surface area contributed by atoms with Crippen LogP contribution in [-0.2, 0) is 0 Å². The predicted octanol–water partition coefficient (Wildman–Crippen LogP) is 6.42. The number of hydrogen-bond acceptors (Lipinski definition) is 1. The van der Waals surface area contributed by atoms with Crippen molar-refractivity contribution in [2.75, 3.05) is 7.05 Å². The van der Waals surface area contributed by atoms with E-state index in [1.165, 1.54) is 11.1 Å². The molecule has 1 amide bonds. The topological polar surface area (TPSA) is 20.3 Å². The molecule has 0 heterocycles. The second-order valence-electron chi connectivity index (χ2n) is 5.36. The molecule has 138 valence electrons. The van der Waals surface area contributed by atoms with Crippen LogP contribution >= 0.6 is 0 Å². The van der Waals surface area contributed by atoms with Crippen LogP contribution in [0.5, 0.6) is 0 Å². The highest BCUT2D eigenvalue weighted by Crippen LogP contribution is 2.32. The molecule has 1 fully saturated rings. The molecule has 1 saturated carbocycles. The highest BCUT2D eigenvalue weighted by molar-refractivity contribution is 5.94. The summed E-state index contributed by atoms with van der Waals surface area (Å²) in [7, 11) is 1.90. The zero-order chi connectivity index (χ0) is 19.2. The van der Waals surface area contributed by atoms with E-state index in [4.69, 9.17) is 0 Å². The lowest BCUT2D eigenvalue weighted by atomic mass is 9.84. The molecule has 1 aromatic carbocycles. The molecule has 0 unspecified atom stereocenters. The lowest BCUT2D eigenvalue weighted by Gasteiger charge is -2.35. The smallest absolute Gasteiger partial charge is 0.254 e. The van der Waals surface area contributed by atoms with Crippen molar-refractivity contribution < 1.29 is 4.79 Å². The molecule has 25 heavy (non-hydrogen) atoms. The molecular formula is C23H35NO. The standard InChI is InChI=1S/C19H23NO.2C2H6/c1-4-10-17-15(5-2)13-9-14-18(17)20(3)19(21)16-11-7-6-8-12-16;2*1-2/h4-8,10-12,18H,1,9,13-14H2,2-3H3;2*1-2H3/b15-5-,17-10+;;/t18-;;/m0../s1. The first-order valence-corrected chi connectivity index (χ1v) is 9.49. The Labute approximate surface area is 154 Å². The number of carbonyl (C=O) groups is 1. The number of likely N-dealkylation sites (N-methyl/N-ethyl adjacent to an activating group) is 1. The van der Waals surface area contributed by atoms with Gasteiger partial charge in [0, 0.05) is 12.6 Å². The fraction of sp³-hybridized carbons (Fsp3) is 0.435. The Morgan fingerprint density at radius 1 is 1.16 bits per heavy atom. The summed E-state index contributed by atoms with van der Waals surface area (Å²) in [4.78, 5) is 14.5. The van der Waals surface area contributed by atoms with Gasteiger partial charge in [0.05, 0.1) is 6.04 Å². The normalized spacial score (nSPS) is 19.2. The van der Waals surface area contributed by atoms with E-state index >= 15 is 0 Å². The van der Waals surface area contributed by atoms with Gasteiger partial charge >= 0.3 is 0 Å². The Balaban J connectivity index is 0.00000134. The van der Waals surface area contributed by atoms with Crippen LogP contribution in [0.1, 0.15) is 64.2 Å². The van der Waals surface area contributed by atoms with Crippen molar-refractivity contribution >= 4 is 5.91 Å². The first-order chi connectivity index (χ1) is 12.2. The SMILES string of the molecule is C=C/C=C1\C(=C/C)CCC[C@@H]1N(C)C(=O)c1ccccc1.CC.CC. The van der Waals surface area contributed by atoms with Crippen LogP contribution in [0.3, 0.4) is 0 Å². The minimum Gasteiger partial charge on any atom is -0.335 e. The zero-order valence-corrected chi connectivity index (χ0v) is 16.9. The van der Waals surface area contributed by atoms with Gasteiger partial charge < -0.3 is 4.90 Å². The molecule has 0 spiro atoms. The molecule has 0 aliphatic heterocycles. The Hall–Kier alpha value is -2.09. The number of allylic oxidation sites excluding steroid dienone is 3. The summed E-state index contributed by atoms with van der Waals surface area (Å²) in [6, 6.07) is 9.61. The molecule has 0 radical (unpaired) electrons. The molecule has 0 bridgehead atoms. The van der Waals surface area contributed by atoms with Gasteiger partial charge in [-0.2, -0.15) is 0 Å². The molecule has 1 aromatic rings. The molecule has 0 saturated heterocycles. The van der Waals surface area contributed by atoms with Crippen LogP contribution in [0, 0.1) is 0 Å². The van der Waals surface area contributed by atoms with Crippen molar-refractivity contribution in [2.24, 2.45) is 0 Å². The summed E-state index contributed by atoms with van der Waals surface area (Å²) in [5.41, 5.74) is 3.30. The van der Waals surface area contributed by atoms with Crippen molar-refractivity contribution in [3.63, 3.8) is 0 Å². The van der Waals surface area contributed by atoms with Crippen LogP contribution in [0.2, 0.25) is 0 Å². The van der Waals surface area contributed by atoms with Crippen molar-refractivity contribution in [3.8, 4) is 0 Å². The van der Waals surface area contributed by atoms with Gasteiger partial charge in [-0.15, -0.1) is 0 Å². The quantitative estimate of drug-likeness (QED) is 0.621. The summed E-state index contributed by atoms with van der Waals surface area (Å²) >= 11 is 0. The van der Waals surface area contributed by atoms with Crippen LogP contribution in [0.25, 0.3) is 0 Å². The maximum absolute atomic E-state index is 12.6. The average molecular weight is 342 g/mol. The van der Waals surface area contributed by atoms with Crippen LogP contribution in [0.15, 0.2) is 66.3 Å². The van der Waals surface area contributed by atoms with Crippen molar-refractivity contribution in [1.29, 1.82) is 0 Å². The van der Waals surface area contributed by atoms with E-state index in [-0.39, 0.29) is 11.9 Å². The largest absolute Gasteiger partial charge is 0.335 e. The molecule has 2 heteroatoms. The highest BCUT2D eigenvalue weighted by atomic mass is 16.2. The molecule has 2 nitrogen and oxygen atoms in total. The van der Waals surface area contributed by atoms with E-state index in [0.29, 0.717) is 0 Å². The fourth-order valence-corrected chi connectivity index (χ4v) is 2.98. The molecule has 1 atom stereocenters. The van der Waals surface area contributed by atoms with Crippen LogP contribution < -0.4 is 0 Å². The Morgan fingerprint density at radius 2 is 1.76 bits per heavy atom. The van der Waals surface area contributed by atoms with Crippen molar-refractivity contribution in [3.05, 3.63) is 71.8 Å². The second kappa shape index (κ2) is 13.2. The number of nitrogens with zero attached hydrogens (tertiary/aromatic N) is 1. The summed E-state index contributed by atoms with van der Waals surface area (Å²) < 4.78 is 0. The van der Waals surface area contributed by atoms with Gasteiger partial charge in [-0.1, -0.05) is 70.7 Å². The van der Waals surface area contributed by atoms with E-state index in [0.717, 1.165) is 24.8 Å². The minimum atomic E-state index is 0.0768. The maximum atomic E-state index is 12.6. The third-order valence-electron chi connectivity index (χ3n) is 4.11. The summed E-state index contributed by atoms with van der Waals surface area (Å²) in [6.07, 6.45) is 9.23. The monoisotopic (exact) mass is 341 g/mol. The Kier molecular flexibility index (Phi) is 12.1. The second-order valence-corrected chi connectivity index (χ2v) is 5.36. The highest BCUT2D eigenvalue weighted by Gasteiger charge is 2.28. The van der Waals surface area contributed by atoms with Crippen LogP contribution in [0.4, 0.5) is 0 Å². The molecule has 2 rings (SSSR count). The van der Waals surface area contributed by atoms with Crippen molar-refractivity contribution in [1.82, 2.24) is 4.90 Å². The average Bonchev–Trinajstić information content (AvgIpc) is 2.71. The van der Waals surface area contributed by atoms with Crippen LogP contribution in [-0.4, -0.2) is 23.9 Å².